The molecule has 0 aliphatic rings. The van der Waals surface area contributed by atoms with Crippen LogP contribution in [0.1, 0.15) is 18.1 Å². The minimum Gasteiger partial charge on any atom is -0.613 e. The van der Waals surface area contributed by atoms with Gasteiger partial charge in [0.15, 0.2) is 0 Å². The number of nitrogens with zero attached hydrogens (tertiary/aromatic N) is 1. The molecule has 0 atom stereocenters. The first-order valence-corrected chi connectivity index (χ1v) is 6.50. The second kappa shape index (κ2) is 9.07. The summed E-state index contributed by atoms with van der Waals surface area (Å²) in [5.41, 5.74) is 2.66. The van der Waals surface area contributed by atoms with Crippen LogP contribution < -0.4 is 24.0 Å². The molecule has 102 valence electrons. The Labute approximate surface area is 137 Å². The van der Waals surface area contributed by atoms with E-state index >= 15 is 0 Å². The molecule has 3 nitrogen and oxygen atoms in total. The fraction of sp³-hybridized carbons (Fsp3) is 0.118. The minimum atomic E-state index is -0.433. The summed E-state index contributed by atoms with van der Waals surface area (Å²) in [6.45, 7) is 2.11. The summed E-state index contributed by atoms with van der Waals surface area (Å²) < 4.78 is 4.86. The van der Waals surface area contributed by atoms with Gasteiger partial charge in [-0.05, 0) is 6.61 Å². The summed E-state index contributed by atoms with van der Waals surface area (Å²) in [6.07, 6.45) is 1.22. The number of rotatable bonds is 5. The van der Waals surface area contributed by atoms with Gasteiger partial charge in [0.05, 0.1) is 11.7 Å². The third-order valence-electron chi connectivity index (χ3n) is 2.68. The van der Waals surface area contributed by atoms with E-state index in [2.05, 4.69) is 4.99 Å². The summed E-state index contributed by atoms with van der Waals surface area (Å²) in [4.78, 5) is 4.30. The molecule has 0 saturated heterocycles. The topological polar surface area (TPSA) is 44.6 Å². The molecule has 0 spiro atoms. The van der Waals surface area contributed by atoms with Crippen LogP contribution in [-0.4, -0.2) is 12.3 Å². The van der Waals surface area contributed by atoms with E-state index in [0.29, 0.717) is 6.61 Å². The zero-order chi connectivity index (χ0) is 14.2. The summed E-state index contributed by atoms with van der Waals surface area (Å²) in [7, 11) is 0. The molecule has 0 N–H and O–H groups in total. The molecule has 2 aromatic rings. The maximum absolute atomic E-state index is 11.4. The SMILES string of the molecule is CCO/C([O-])=C/N=C(c1ccccc1)c1ccccc1.[Li+]. The predicted molar refractivity (Wildman–Crippen MR) is 78.2 cm³/mol. The smallest absolute Gasteiger partial charge is 0.613 e. The molecule has 0 amide bonds. The largest absolute Gasteiger partial charge is 1.00 e. The van der Waals surface area contributed by atoms with Crippen molar-refractivity contribution in [3.63, 3.8) is 0 Å². The fourth-order valence-electron chi connectivity index (χ4n) is 1.80. The standard InChI is InChI=1S/C17H17NO2.Li/c1-2-20-16(19)13-18-17(14-9-5-3-6-10-14)15-11-7-4-8-12-15;/h3-13,19H,2H2,1H3;/q;+1/p-1/b16-13+;. The maximum atomic E-state index is 11.4. The quantitative estimate of drug-likeness (QED) is 0.427. The zero-order valence-electron chi connectivity index (χ0n) is 12.3. The van der Waals surface area contributed by atoms with Gasteiger partial charge in [0, 0.05) is 17.3 Å². The van der Waals surface area contributed by atoms with E-state index < -0.39 is 5.95 Å². The first-order valence-electron chi connectivity index (χ1n) is 6.50. The van der Waals surface area contributed by atoms with Crippen molar-refractivity contribution in [3.05, 3.63) is 83.9 Å². The molecule has 0 unspecified atom stereocenters. The van der Waals surface area contributed by atoms with Crippen LogP contribution in [0, 0.1) is 0 Å². The molecule has 4 heteroatoms. The van der Waals surface area contributed by atoms with E-state index in [-0.39, 0.29) is 18.9 Å². The van der Waals surface area contributed by atoms with E-state index in [0.717, 1.165) is 16.8 Å². The van der Waals surface area contributed by atoms with Gasteiger partial charge in [-0.15, -0.1) is 0 Å². The van der Waals surface area contributed by atoms with Crippen LogP contribution >= 0.6 is 0 Å². The van der Waals surface area contributed by atoms with E-state index in [1.54, 1.807) is 6.92 Å². The number of ether oxygens (including phenoxy) is 1. The summed E-state index contributed by atoms with van der Waals surface area (Å²) in [5, 5.41) is 11.4. The second-order valence-electron chi connectivity index (χ2n) is 4.09. The van der Waals surface area contributed by atoms with Gasteiger partial charge in [-0.2, -0.15) is 0 Å². The molecular weight excluding hydrogens is 257 g/mol. The molecule has 21 heavy (non-hydrogen) atoms. The minimum absolute atomic E-state index is 0. The Morgan fingerprint density at radius 3 is 1.90 bits per heavy atom. The molecule has 0 fully saturated rings. The Hall–Kier alpha value is -1.95. The Morgan fingerprint density at radius 1 is 1.00 bits per heavy atom. The van der Waals surface area contributed by atoms with Gasteiger partial charge in [0.1, 0.15) is 0 Å². The van der Waals surface area contributed by atoms with Crippen molar-refractivity contribution in [2.24, 2.45) is 4.99 Å². The Bertz CT molecular complexity index is 553. The van der Waals surface area contributed by atoms with Gasteiger partial charge in [-0.3, -0.25) is 4.99 Å². The molecular formula is C17H16LiNO2. The van der Waals surface area contributed by atoms with Crippen LogP contribution in [0.5, 0.6) is 0 Å². The Morgan fingerprint density at radius 2 is 1.48 bits per heavy atom. The average Bonchev–Trinajstić information content (AvgIpc) is 2.50. The molecule has 0 radical (unpaired) electrons. The van der Waals surface area contributed by atoms with E-state index in [1.807, 2.05) is 60.7 Å². The van der Waals surface area contributed by atoms with Crippen LogP contribution in [0.4, 0.5) is 0 Å². The van der Waals surface area contributed by atoms with Gasteiger partial charge in [-0.1, -0.05) is 67.6 Å². The maximum Gasteiger partial charge on any atom is 1.00 e. The molecule has 2 aromatic carbocycles. The average molecular weight is 273 g/mol. The molecule has 2 rings (SSSR count). The summed E-state index contributed by atoms with van der Waals surface area (Å²) in [5.74, 6) is -0.433. The summed E-state index contributed by atoms with van der Waals surface area (Å²) in [6, 6.07) is 19.5. The Kier molecular flexibility index (Phi) is 7.39. The molecule has 0 aliphatic carbocycles. The van der Waals surface area contributed by atoms with Crippen molar-refractivity contribution in [2.45, 2.75) is 6.92 Å². The van der Waals surface area contributed by atoms with Gasteiger partial charge >= 0.3 is 18.9 Å². The monoisotopic (exact) mass is 273 g/mol. The number of hydrogen-bond acceptors (Lipinski definition) is 3. The number of aliphatic imine (C=N–C) groups is 1. The van der Waals surface area contributed by atoms with Crippen LogP contribution in [0.2, 0.25) is 0 Å². The van der Waals surface area contributed by atoms with Gasteiger partial charge in [-0.25, -0.2) is 0 Å². The predicted octanol–water partition coefficient (Wildman–Crippen LogP) is -0.276. The molecule has 0 saturated carbocycles. The molecule has 0 bridgehead atoms. The van der Waals surface area contributed by atoms with Crippen LogP contribution in [0.25, 0.3) is 0 Å². The Balaban J connectivity index is 0.00000220. The van der Waals surface area contributed by atoms with Crippen molar-refractivity contribution in [1.82, 2.24) is 0 Å². The van der Waals surface area contributed by atoms with E-state index in [1.165, 1.54) is 6.20 Å². The second-order valence-corrected chi connectivity index (χ2v) is 4.09. The summed E-state index contributed by atoms with van der Waals surface area (Å²) >= 11 is 0. The van der Waals surface area contributed by atoms with Crippen molar-refractivity contribution >= 4 is 5.71 Å². The van der Waals surface area contributed by atoms with E-state index in [4.69, 9.17) is 4.74 Å². The van der Waals surface area contributed by atoms with Crippen LogP contribution in [0.3, 0.4) is 0 Å². The third-order valence-corrected chi connectivity index (χ3v) is 2.68. The first-order chi connectivity index (χ1) is 9.81. The van der Waals surface area contributed by atoms with Gasteiger partial charge < -0.3 is 9.84 Å². The molecule has 0 heterocycles. The van der Waals surface area contributed by atoms with Gasteiger partial charge in [0.2, 0.25) is 0 Å². The number of hydrogen-bond donors (Lipinski definition) is 0. The third kappa shape index (κ3) is 5.15. The molecule has 0 aliphatic heterocycles. The molecule has 0 aromatic heterocycles. The first kappa shape index (κ1) is 17.1. The van der Waals surface area contributed by atoms with Crippen molar-refractivity contribution in [2.75, 3.05) is 6.61 Å². The van der Waals surface area contributed by atoms with Crippen molar-refractivity contribution in [1.29, 1.82) is 0 Å². The zero-order valence-corrected chi connectivity index (χ0v) is 12.3. The number of benzene rings is 2. The van der Waals surface area contributed by atoms with Crippen molar-refractivity contribution in [3.8, 4) is 0 Å². The normalized spacial score (nSPS) is 10.4. The van der Waals surface area contributed by atoms with Gasteiger partial charge in [0.25, 0.3) is 0 Å². The van der Waals surface area contributed by atoms with Crippen molar-refractivity contribution < 1.29 is 28.7 Å². The van der Waals surface area contributed by atoms with Crippen LogP contribution in [-0.2, 0) is 4.74 Å². The van der Waals surface area contributed by atoms with E-state index in [9.17, 15) is 5.11 Å². The fourth-order valence-corrected chi connectivity index (χ4v) is 1.80. The van der Waals surface area contributed by atoms with Crippen LogP contribution in [0.15, 0.2) is 77.8 Å².